The van der Waals surface area contributed by atoms with Gasteiger partial charge in [-0.25, -0.2) is 13.2 Å². The fourth-order valence-corrected chi connectivity index (χ4v) is 2.89. The van der Waals surface area contributed by atoms with Crippen molar-refractivity contribution >= 4 is 5.91 Å². The standard InChI is InChI=1S/C16H21F3N2O2/c17-11-8-13(18)15(14(19)9-11)16(23)20-5-1-2-6-21-7-3-4-12(21)10-22/h8-9,12,22H,1-7,10H2,(H,20,23). The molecule has 1 aliphatic rings. The maximum Gasteiger partial charge on any atom is 0.257 e. The molecule has 2 N–H and O–H groups in total. The Morgan fingerprint density at radius 2 is 1.96 bits per heavy atom. The molecule has 4 nitrogen and oxygen atoms in total. The summed E-state index contributed by atoms with van der Waals surface area (Å²) in [7, 11) is 0. The van der Waals surface area contributed by atoms with Gasteiger partial charge in [-0.1, -0.05) is 0 Å². The van der Waals surface area contributed by atoms with Gasteiger partial charge >= 0.3 is 0 Å². The lowest BCUT2D eigenvalue weighted by Crippen LogP contribution is -2.33. The van der Waals surface area contributed by atoms with E-state index in [2.05, 4.69) is 10.2 Å². The minimum Gasteiger partial charge on any atom is -0.395 e. The number of carbonyl (C=O) groups excluding carboxylic acids is 1. The maximum atomic E-state index is 13.5. The summed E-state index contributed by atoms with van der Waals surface area (Å²) in [6.07, 6.45) is 3.54. The van der Waals surface area contributed by atoms with E-state index in [0.29, 0.717) is 18.6 Å². The van der Waals surface area contributed by atoms with Crippen molar-refractivity contribution in [2.75, 3.05) is 26.2 Å². The Morgan fingerprint density at radius 3 is 2.61 bits per heavy atom. The molecule has 23 heavy (non-hydrogen) atoms. The Hall–Kier alpha value is -1.60. The van der Waals surface area contributed by atoms with Crippen LogP contribution in [0, 0.1) is 17.5 Å². The third-order valence-corrected chi connectivity index (χ3v) is 4.10. The summed E-state index contributed by atoms with van der Waals surface area (Å²) in [5, 5.41) is 11.7. The number of carbonyl (C=O) groups is 1. The zero-order valence-electron chi connectivity index (χ0n) is 12.8. The predicted molar refractivity (Wildman–Crippen MR) is 79.6 cm³/mol. The van der Waals surface area contributed by atoms with Gasteiger partial charge in [0.2, 0.25) is 0 Å². The summed E-state index contributed by atoms with van der Waals surface area (Å²) < 4.78 is 39.7. The molecule has 1 atom stereocenters. The molecule has 2 rings (SSSR count). The van der Waals surface area contributed by atoms with Gasteiger partial charge in [-0.05, 0) is 38.8 Å². The first-order valence-electron chi connectivity index (χ1n) is 7.80. The molecule has 0 radical (unpaired) electrons. The Kier molecular flexibility index (Phi) is 6.41. The van der Waals surface area contributed by atoms with Gasteiger partial charge in [0.25, 0.3) is 5.91 Å². The lowest BCUT2D eigenvalue weighted by molar-refractivity contribution is 0.0943. The molecule has 1 unspecified atom stereocenters. The van der Waals surface area contributed by atoms with E-state index in [-0.39, 0.29) is 19.2 Å². The third kappa shape index (κ3) is 4.68. The van der Waals surface area contributed by atoms with Crippen LogP contribution in [-0.2, 0) is 0 Å². The Morgan fingerprint density at radius 1 is 1.26 bits per heavy atom. The van der Waals surface area contributed by atoms with Crippen molar-refractivity contribution in [1.82, 2.24) is 10.2 Å². The topological polar surface area (TPSA) is 52.6 Å². The van der Waals surface area contributed by atoms with E-state index in [9.17, 15) is 23.1 Å². The Balaban J connectivity index is 1.73. The van der Waals surface area contributed by atoms with Gasteiger partial charge in [0.15, 0.2) is 0 Å². The van der Waals surface area contributed by atoms with Crippen LogP contribution in [-0.4, -0.2) is 48.2 Å². The molecule has 0 spiro atoms. The summed E-state index contributed by atoms with van der Waals surface area (Å²) in [6.45, 7) is 2.22. The maximum absolute atomic E-state index is 13.5. The molecule has 0 aliphatic carbocycles. The van der Waals surface area contributed by atoms with Gasteiger partial charge in [0.1, 0.15) is 23.0 Å². The van der Waals surface area contributed by atoms with E-state index in [1.54, 1.807) is 0 Å². The van der Waals surface area contributed by atoms with Crippen LogP contribution >= 0.6 is 0 Å². The average Bonchev–Trinajstić information content (AvgIpc) is 2.93. The van der Waals surface area contributed by atoms with E-state index in [1.165, 1.54) is 0 Å². The SMILES string of the molecule is O=C(NCCCCN1CCCC1CO)c1c(F)cc(F)cc1F. The van der Waals surface area contributed by atoms with Crippen molar-refractivity contribution in [1.29, 1.82) is 0 Å². The molecule has 1 saturated heterocycles. The van der Waals surface area contributed by atoms with Crippen molar-refractivity contribution in [2.24, 2.45) is 0 Å². The number of halogens is 3. The number of likely N-dealkylation sites (tertiary alicyclic amines) is 1. The lowest BCUT2D eigenvalue weighted by Gasteiger charge is -2.22. The third-order valence-electron chi connectivity index (χ3n) is 4.10. The second-order valence-corrected chi connectivity index (χ2v) is 5.72. The van der Waals surface area contributed by atoms with Crippen LogP contribution in [0.3, 0.4) is 0 Å². The second-order valence-electron chi connectivity index (χ2n) is 5.72. The van der Waals surface area contributed by atoms with E-state index in [1.807, 2.05) is 0 Å². The van der Waals surface area contributed by atoms with Crippen LogP contribution in [0.4, 0.5) is 13.2 Å². The van der Waals surface area contributed by atoms with Crippen molar-refractivity contribution in [3.8, 4) is 0 Å². The number of aliphatic hydroxyl groups is 1. The summed E-state index contributed by atoms with van der Waals surface area (Å²) in [6, 6.07) is 1.19. The highest BCUT2D eigenvalue weighted by atomic mass is 19.1. The first kappa shape index (κ1) is 17.7. The van der Waals surface area contributed by atoms with Gasteiger partial charge < -0.3 is 10.4 Å². The van der Waals surface area contributed by atoms with E-state index < -0.39 is 28.9 Å². The molecular formula is C16H21F3N2O2. The van der Waals surface area contributed by atoms with Crippen LogP contribution in [0.2, 0.25) is 0 Å². The number of hydrogen-bond donors (Lipinski definition) is 2. The number of benzene rings is 1. The molecule has 1 aromatic rings. The highest BCUT2D eigenvalue weighted by Gasteiger charge is 2.23. The van der Waals surface area contributed by atoms with E-state index >= 15 is 0 Å². The number of amides is 1. The number of nitrogens with zero attached hydrogens (tertiary/aromatic N) is 1. The van der Waals surface area contributed by atoms with Crippen LogP contribution in [0.1, 0.15) is 36.0 Å². The zero-order chi connectivity index (χ0) is 16.8. The number of aliphatic hydroxyl groups excluding tert-OH is 1. The molecule has 1 amide bonds. The molecule has 0 saturated carbocycles. The molecule has 128 valence electrons. The highest BCUT2D eigenvalue weighted by Crippen LogP contribution is 2.17. The first-order valence-corrected chi connectivity index (χ1v) is 7.80. The molecule has 1 heterocycles. The summed E-state index contributed by atoms with van der Waals surface area (Å²) in [5.41, 5.74) is -0.758. The first-order chi connectivity index (χ1) is 11.0. The van der Waals surface area contributed by atoms with Crippen molar-refractivity contribution in [2.45, 2.75) is 31.7 Å². The van der Waals surface area contributed by atoms with Gasteiger partial charge in [-0.3, -0.25) is 9.69 Å². The van der Waals surface area contributed by atoms with E-state index in [0.717, 1.165) is 32.4 Å². The lowest BCUT2D eigenvalue weighted by atomic mass is 10.1. The highest BCUT2D eigenvalue weighted by molar-refractivity contribution is 5.94. The molecule has 1 aliphatic heterocycles. The Labute approximate surface area is 133 Å². The van der Waals surface area contributed by atoms with Gasteiger partial charge in [0.05, 0.1) is 6.61 Å². The van der Waals surface area contributed by atoms with Crippen LogP contribution in [0.25, 0.3) is 0 Å². The molecule has 0 bridgehead atoms. The fourth-order valence-electron chi connectivity index (χ4n) is 2.89. The molecule has 7 heteroatoms. The van der Waals surface area contributed by atoms with Gasteiger partial charge in [0, 0.05) is 24.7 Å². The van der Waals surface area contributed by atoms with Gasteiger partial charge in [-0.2, -0.15) is 0 Å². The van der Waals surface area contributed by atoms with Crippen molar-refractivity contribution in [3.63, 3.8) is 0 Å². The molecule has 1 fully saturated rings. The molecule has 1 aromatic carbocycles. The molecule has 0 aromatic heterocycles. The zero-order valence-corrected chi connectivity index (χ0v) is 12.8. The number of rotatable bonds is 7. The largest absolute Gasteiger partial charge is 0.395 e. The minimum atomic E-state index is -1.21. The van der Waals surface area contributed by atoms with Crippen LogP contribution < -0.4 is 5.32 Å². The monoisotopic (exact) mass is 330 g/mol. The smallest absolute Gasteiger partial charge is 0.257 e. The molecular weight excluding hydrogens is 309 g/mol. The number of nitrogens with one attached hydrogen (secondary N) is 1. The summed E-state index contributed by atoms with van der Waals surface area (Å²) >= 11 is 0. The normalized spacial score (nSPS) is 18.3. The minimum absolute atomic E-state index is 0.153. The van der Waals surface area contributed by atoms with Crippen LogP contribution in [0.5, 0.6) is 0 Å². The number of unbranched alkanes of at least 4 members (excludes halogenated alkanes) is 1. The number of hydrogen-bond acceptors (Lipinski definition) is 3. The summed E-state index contributed by atoms with van der Waals surface area (Å²) in [5.74, 6) is -4.35. The fraction of sp³-hybridized carbons (Fsp3) is 0.562. The Bertz CT molecular complexity index is 531. The summed E-state index contributed by atoms with van der Waals surface area (Å²) in [4.78, 5) is 14.0. The second kappa shape index (κ2) is 8.31. The van der Waals surface area contributed by atoms with Crippen molar-refractivity contribution in [3.05, 3.63) is 35.1 Å². The average molecular weight is 330 g/mol. The van der Waals surface area contributed by atoms with E-state index in [4.69, 9.17) is 0 Å². The quantitative estimate of drug-likeness (QED) is 0.753. The van der Waals surface area contributed by atoms with Gasteiger partial charge in [-0.15, -0.1) is 0 Å². The van der Waals surface area contributed by atoms with Crippen LogP contribution in [0.15, 0.2) is 12.1 Å². The predicted octanol–water partition coefficient (Wildman–Crippen LogP) is 2.07. The van der Waals surface area contributed by atoms with Crippen molar-refractivity contribution < 1.29 is 23.1 Å².